The maximum atomic E-state index is 11.8. The number of thiophene rings is 1. The Morgan fingerprint density at radius 2 is 2.09 bits per heavy atom. The highest BCUT2D eigenvalue weighted by atomic mass is 32.2. The lowest BCUT2D eigenvalue weighted by atomic mass is 10.1. The van der Waals surface area contributed by atoms with E-state index < -0.39 is 12.0 Å². The minimum atomic E-state index is -0.833. The van der Waals surface area contributed by atoms with E-state index in [1.165, 1.54) is 10.1 Å². The Balaban J connectivity index is 0.000000593. The lowest BCUT2D eigenvalue weighted by Crippen LogP contribution is -2.40. The smallest absolute Gasteiger partial charge is 0.300 e. The highest BCUT2D eigenvalue weighted by molar-refractivity contribution is 7.98. The molecule has 2 aromatic rings. The molecule has 1 amide bonds. The number of carboxylic acid groups (broad SMARTS) is 1. The van der Waals surface area contributed by atoms with E-state index in [0.717, 1.165) is 24.7 Å². The van der Waals surface area contributed by atoms with E-state index in [1.807, 2.05) is 12.3 Å². The minimum absolute atomic E-state index is 0.0699. The van der Waals surface area contributed by atoms with Crippen LogP contribution in [0.1, 0.15) is 18.9 Å². The number of hydrogen-bond donors (Lipinski definition) is 3. The second kappa shape index (κ2) is 10.3. The van der Waals surface area contributed by atoms with Gasteiger partial charge in [-0.1, -0.05) is 6.07 Å². The van der Waals surface area contributed by atoms with Crippen molar-refractivity contribution >= 4 is 45.1 Å². The fourth-order valence-electron chi connectivity index (χ4n) is 1.82. The Hall–Kier alpha value is -1.57. The predicted octanol–water partition coefficient (Wildman–Crippen LogP) is 2.69. The summed E-state index contributed by atoms with van der Waals surface area (Å²) in [6, 6.07) is 7.94. The molecule has 1 atom stereocenters. The molecule has 23 heavy (non-hydrogen) atoms. The van der Waals surface area contributed by atoms with E-state index in [0.29, 0.717) is 6.54 Å². The topological polar surface area (TPSA) is 92.4 Å². The summed E-state index contributed by atoms with van der Waals surface area (Å²) in [4.78, 5) is 20.8. The van der Waals surface area contributed by atoms with Gasteiger partial charge in [0.25, 0.3) is 5.97 Å². The van der Waals surface area contributed by atoms with Crippen molar-refractivity contribution < 1.29 is 14.7 Å². The van der Waals surface area contributed by atoms with Gasteiger partial charge < -0.3 is 16.2 Å². The summed E-state index contributed by atoms with van der Waals surface area (Å²) in [5.74, 6) is 0.00888. The zero-order chi connectivity index (χ0) is 17.2. The van der Waals surface area contributed by atoms with E-state index in [9.17, 15) is 4.79 Å². The fourth-order valence-corrected chi connectivity index (χ4v) is 3.08. The third kappa shape index (κ3) is 7.49. The summed E-state index contributed by atoms with van der Waals surface area (Å²) in [7, 11) is 0. The zero-order valence-corrected chi connectivity index (χ0v) is 14.9. The van der Waals surface area contributed by atoms with Gasteiger partial charge in [-0.3, -0.25) is 9.59 Å². The first-order valence-corrected chi connectivity index (χ1v) is 9.39. The van der Waals surface area contributed by atoms with Crippen molar-refractivity contribution in [3.8, 4) is 0 Å². The van der Waals surface area contributed by atoms with E-state index in [4.69, 9.17) is 15.6 Å². The lowest BCUT2D eigenvalue weighted by molar-refractivity contribution is -0.134. The number of carbonyl (C=O) groups is 2. The number of nitrogens with two attached hydrogens (primary N) is 1. The largest absolute Gasteiger partial charge is 0.481 e. The summed E-state index contributed by atoms with van der Waals surface area (Å²) in [6.07, 6.45) is 2.73. The average molecular weight is 354 g/mol. The molecular formula is C16H22N2O3S2. The van der Waals surface area contributed by atoms with Crippen LogP contribution in [0.2, 0.25) is 0 Å². The van der Waals surface area contributed by atoms with Gasteiger partial charge in [0.05, 0.1) is 6.04 Å². The third-order valence-corrected chi connectivity index (χ3v) is 4.50. The molecule has 0 saturated carbocycles. The van der Waals surface area contributed by atoms with Gasteiger partial charge in [0.1, 0.15) is 0 Å². The van der Waals surface area contributed by atoms with Gasteiger partial charge >= 0.3 is 0 Å². The molecule has 1 aromatic carbocycles. The number of carbonyl (C=O) groups excluding carboxylic acids is 1. The van der Waals surface area contributed by atoms with Crippen molar-refractivity contribution in [1.82, 2.24) is 5.32 Å². The van der Waals surface area contributed by atoms with Crippen LogP contribution in [0, 0.1) is 0 Å². The third-order valence-electron chi connectivity index (χ3n) is 2.95. The van der Waals surface area contributed by atoms with Crippen molar-refractivity contribution in [3.05, 3.63) is 35.2 Å². The monoisotopic (exact) mass is 354 g/mol. The molecule has 0 bridgehead atoms. The van der Waals surface area contributed by atoms with Crippen LogP contribution in [0.25, 0.3) is 10.1 Å². The number of nitrogens with one attached hydrogen (secondary N) is 1. The molecule has 0 saturated heterocycles. The number of fused-ring (bicyclic) bond motifs is 1. The number of rotatable bonds is 6. The lowest BCUT2D eigenvalue weighted by Gasteiger charge is -2.11. The number of aliphatic carboxylic acids is 1. The molecule has 7 heteroatoms. The number of benzene rings is 1. The number of carboxylic acids is 1. The van der Waals surface area contributed by atoms with Gasteiger partial charge in [0.2, 0.25) is 5.91 Å². The SMILES string of the molecule is CC(=O)O.CSCC[C@H](N)C(=O)NCc1ccc2sccc2c1. The first-order valence-electron chi connectivity index (χ1n) is 7.12. The second-order valence-electron chi connectivity index (χ2n) is 4.92. The van der Waals surface area contributed by atoms with Crippen molar-refractivity contribution in [2.75, 3.05) is 12.0 Å². The normalized spacial score (nSPS) is 11.4. The molecule has 0 radical (unpaired) electrons. The standard InChI is InChI=1S/C14H18N2OS2.C2H4O2/c1-18-6-5-12(15)14(17)16-9-10-2-3-13-11(8-10)4-7-19-13;1-2(3)4/h2-4,7-8,12H,5-6,9,15H2,1H3,(H,16,17);1H3,(H,3,4)/t12-;/m0./s1. The van der Waals surface area contributed by atoms with Crippen LogP contribution in [0.5, 0.6) is 0 Å². The number of amides is 1. The Morgan fingerprint density at radius 1 is 1.39 bits per heavy atom. The molecule has 1 aromatic heterocycles. The summed E-state index contributed by atoms with van der Waals surface area (Å²) >= 11 is 3.43. The van der Waals surface area contributed by atoms with Gasteiger partial charge in [-0.25, -0.2) is 0 Å². The molecule has 0 aliphatic carbocycles. The van der Waals surface area contributed by atoms with Crippen molar-refractivity contribution in [1.29, 1.82) is 0 Å². The molecule has 1 heterocycles. The van der Waals surface area contributed by atoms with E-state index in [2.05, 4.69) is 28.9 Å². The fraction of sp³-hybridized carbons (Fsp3) is 0.375. The Labute approximate surface area is 144 Å². The Bertz CT molecular complexity index is 639. The molecule has 0 spiro atoms. The predicted molar refractivity (Wildman–Crippen MR) is 98.0 cm³/mol. The van der Waals surface area contributed by atoms with Crippen LogP contribution in [0.4, 0.5) is 0 Å². The molecule has 0 fully saturated rings. The van der Waals surface area contributed by atoms with Gasteiger partial charge in [0.15, 0.2) is 0 Å². The van der Waals surface area contributed by atoms with Crippen LogP contribution in [0.3, 0.4) is 0 Å². The quantitative estimate of drug-likeness (QED) is 0.742. The molecule has 4 N–H and O–H groups in total. The summed E-state index contributed by atoms with van der Waals surface area (Å²) in [5, 5.41) is 13.6. The molecule has 0 aliphatic heterocycles. The molecule has 5 nitrogen and oxygen atoms in total. The van der Waals surface area contributed by atoms with Crippen LogP contribution in [-0.2, 0) is 16.1 Å². The molecule has 0 unspecified atom stereocenters. The van der Waals surface area contributed by atoms with Crippen molar-refractivity contribution in [2.24, 2.45) is 5.73 Å². The van der Waals surface area contributed by atoms with Crippen LogP contribution in [-0.4, -0.2) is 35.0 Å². The molecule has 126 valence electrons. The highest BCUT2D eigenvalue weighted by Gasteiger charge is 2.12. The average Bonchev–Trinajstić information content (AvgIpc) is 2.97. The summed E-state index contributed by atoms with van der Waals surface area (Å²) in [5.41, 5.74) is 6.93. The second-order valence-corrected chi connectivity index (χ2v) is 6.85. The Kier molecular flexibility index (Phi) is 8.68. The van der Waals surface area contributed by atoms with Crippen molar-refractivity contribution in [2.45, 2.75) is 25.9 Å². The van der Waals surface area contributed by atoms with Gasteiger partial charge in [-0.05, 0) is 53.0 Å². The summed E-state index contributed by atoms with van der Waals surface area (Å²) < 4.78 is 1.27. The highest BCUT2D eigenvalue weighted by Crippen LogP contribution is 2.21. The first kappa shape index (κ1) is 19.5. The number of thioether (sulfide) groups is 1. The maximum absolute atomic E-state index is 11.8. The molecule has 0 aliphatic rings. The van der Waals surface area contributed by atoms with E-state index in [-0.39, 0.29) is 5.91 Å². The molecule has 2 rings (SSSR count). The zero-order valence-electron chi connectivity index (χ0n) is 13.2. The Morgan fingerprint density at radius 3 is 2.74 bits per heavy atom. The van der Waals surface area contributed by atoms with Crippen LogP contribution < -0.4 is 11.1 Å². The first-order chi connectivity index (χ1) is 10.9. The molecular weight excluding hydrogens is 332 g/mol. The van der Waals surface area contributed by atoms with Gasteiger partial charge in [0, 0.05) is 18.2 Å². The van der Waals surface area contributed by atoms with Crippen LogP contribution in [0.15, 0.2) is 29.6 Å². The van der Waals surface area contributed by atoms with E-state index in [1.54, 1.807) is 23.1 Å². The van der Waals surface area contributed by atoms with Gasteiger partial charge in [-0.2, -0.15) is 11.8 Å². The van der Waals surface area contributed by atoms with Crippen LogP contribution >= 0.6 is 23.1 Å². The minimum Gasteiger partial charge on any atom is -0.481 e. The van der Waals surface area contributed by atoms with Gasteiger partial charge in [-0.15, -0.1) is 11.3 Å². The number of hydrogen-bond acceptors (Lipinski definition) is 5. The van der Waals surface area contributed by atoms with Crippen molar-refractivity contribution in [3.63, 3.8) is 0 Å². The summed E-state index contributed by atoms with van der Waals surface area (Å²) in [6.45, 7) is 1.62. The maximum Gasteiger partial charge on any atom is 0.300 e. The van der Waals surface area contributed by atoms with E-state index >= 15 is 0 Å².